The number of imide groups is 1. The Morgan fingerprint density at radius 2 is 1.82 bits per heavy atom. The second-order valence-electron chi connectivity index (χ2n) is 10.7. The first kappa shape index (κ1) is 32.6. The number of urea groups is 2. The molecule has 1 fully saturated rings. The Bertz CT molecular complexity index is 1430. The van der Waals surface area contributed by atoms with E-state index in [0.717, 1.165) is 49.8 Å². The van der Waals surface area contributed by atoms with Crippen molar-refractivity contribution in [2.24, 2.45) is 0 Å². The molecule has 0 aliphatic carbocycles. The molecule has 11 nitrogen and oxygen atoms in total. The number of halogens is 2. The van der Waals surface area contributed by atoms with Gasteiger partial charge in [0.25, 0.3) is 0 Å². The Morgan fingerprint density at radius 1 is 1.07 bits per heavy atom. The monoisotopic (exact) mass is 613 g/mol. The molecule has 0 bridgehead atoms. The van der Waals surface area contributed by atoms with Gasteiger partial charge in [-0.15, -0.1) is 0 Å². The molecule has 13 heteroatoms. The van der Waals surface area contributed by atoms with E-state index in [1.54, 1.807) is 0 Å². The van der Waals surface area contributed by atoms with Crippen LogP contribution in [-0.2, 0) is 14.3 Å². The summed E-state index contributed by atoms with van der Waals surface area (Å²) in [5, 5.41) is 17.9. The van der Waals surface area contributed by atoms with E-state index in [-0.39, 0.29) is 30.3 Å². The van der Waals surface area contributed by atoms with Crippen molar-refractivity contribution in [1.82, 2.24) is 20.4 Å². The van der Waals surface area contributed by atoms with Crippen LogP contribution >= 0.6 is 0 Å². The molecule has 0 radical (unpaired) electrons. The van der Waals surface area contributed by atoms with Crippen molar-refractivity contribution in [3.8, 4) is 0 Å². The minimum atomic E-state index is -1.52. The van der Waals surface area contributed by atoms with Crippen LogP contribution in [0.1, 0.15) is 55.7 Å². The number of carbonyl (C=O) groups is 4. The van der Waals surface area contributed by atoms with Gasteiger partial charge in [0.1, 0.15) is 6.04 Å². The van der Waals surface area contributed by atoms with Crippen LogP contribution in [0.4, 0.5) is 24.1 Å². The average Bonchev–Trinajstić information content (AvgIpc) is 3.00. The number of carboxylic acids is 1. The molecule has 4 N–H and O–H groups in total. The molecule has 2 aliphatic rings. The summed E-state index contributed by atoms with van der Waals surface area (Å²) < 4.78 is 32.8. The number of aliphatic carboxylic acids is 1. The van der Waals surface area contributed by atoms with Crippen LogP contribution in [0.5, 0.6) is 0 Å². The van der Waals surface area contributed by atoms with Gasteiger partial charge in [0.15, 0.2) is 11.6 Å². The fraction of sp³-hybridized carbons (Fsp3) is 0.419. The van der Waals surface area contributed by atoms with Gasteiger partial charge in [-0.3, -0.25) is 4.79 Å². The van der Waals surface area contributed by atoms with Crippen LogP contribution in [-0.4, -0.2) is 78.7 Å². The number of carboxylic acid groups (broad SMARTS) is 1. The first-order valence-corrected chi connectivity index (χ1v) is 14.5. The van der Waals surface area contributed by atoms with Gasteiger partial charge < -0.3 is 30.7 Å². The van der Waals surface area contributed by atoms with Crippen LogP contribution in [0.3, 0.4) is 0 Å². The second kappa shape index (κ2) is 14.9. The van der Waals surface area contributed by atoms with Crippen molar-refractivity contribution in [2.75, 3.05) is 45.2 Å². The number of piperidine rings is 1. The number of nitrogens with zero attached hydrogens (tertiary/aromatic N) is 2. The minimum Gasteiger partial charge on any atom is -0.478 e. The predicted molar refractivity (Wildman–Crippen MR) is 158 cm³/mol. The molecule has 2 aromatic carbocycles. The molecule has 0 spiro atoms. The van der Waals surface area contributed by atoms with Gasteiger partial charge in [-0.05, 0) is 80.2 Å². The number of likely N-dealkylation sites (tertiary alicyclic amines) is 1. The summed E-state index contributed by atoms with van der Waals surface area (Å²) in [6.07, 6.45) is 2.86. The Kier molecular flexibility index (Phi) is 11.0. The molecular formula is C31H37F2N5O6. The van der Waals surface area contributed by atoms with Crippen molar-refractivity contribution in [3.05, 3.63) is 76.5 Å². The van der Waals surface area contributed by atoms with Crippen LogP contribution in [0.25, 0.3) is 0 Å². The number of methoxy groups -OCH3 is 1. The maximum absolute atomic E-state index is 14.2. The molecule has 2 heterocycles. The minimum absolute atomic E-state index is 0.0283. The lowest BCUT2D eigenvalue weighted by Gasteiger charge is -2.36. The van der Waals surface area contributed by atoms with E-state index in [0.29, 0.717) is 30.2 Å². The lowest BCUT2D eigenvalue weighted by molar-refractivity contribution is -0.133. The van der Waals surface area contributed by atoms with Crippen molar-refractivity contribution in [2.45, 2.75) is 44.6 Å². The van der Waals surface area contributed by atoms with Crippen molar-refractivity contribution in [1.29, 1.82) is 0 Å². The van der Waals surface area contributed by atoms with E-state index in [1.165, 1.54) is 12.7 Å². The highest BCUT2D eigenvalue weighted by atomic mass is 19.2. The Labute approximate surface area is 254 Å². The number of rotatable bonds is 11. The van der Waals surface area contributed by atoms with E-state index in [9.17, 15) is 33.1 Å². The molecule has 0 saturated carbocycles. The Hall–Kier alpha value is -4.36. The standard InChI is InChI=1S/C31H37F2N5O6/c1-3-26(39)35-22-7-4-6-20(16-22)19-10-14-37(15-11-19)13-5-12-34-30(42)38-28(21-8-9-23(32)24(33)17-21)27(29(40)41)25(18-44-2)36-31(38)43/h4,6-9,16-17,19,28H,3,5,10-15,18H2,1-2H3,(H,34,42)(H,35,39)(H,36,43)(H,40,41). The Morgan fingerprint density at radius 3 is 2.48 bits per heavy atom. The number of hydrogen-bond donors (Lipinski definition) is 4. The molecule has 0 aromatic heterocycles. The summed E-state index contributed by atoms with van der Waals surface area (Å²) in [6, 6.07) is 7.33. The molecule has 1 saturated heterocycles. The van der Waals surface area contributed by atoms with E-state index in [2.05, 4.69) is 26.9 Å². The highest BCUT2D eigenvalue weighted by Crippen LogP contribution is 2.35. The van der Waals surface area contributed by atoms with Crippen LogP contribution in [0.15, 0.2) is 53.7 Å². The molecule has 44 heavy (non-hydrogen) atoms. The van der Waals surface area contributed by atoms with Gasteiger partial charge in [-0.1, -0.05) is 25.1 Å². The van der Waals surface area contributed by atoms with E-state index < -0.39 is 41.3 Å². The zero-order valence-electron chi connectivity index (χ0n) is 24.7. The zero-order valence-corrected chi connectivity index (χ0v) is 24.7. The summed E-state index contributed by atoms with van der Waals surface area (Å²) in [7, 11) is 1.31. The number of anilines is 1. The third-order valence-electron chi connectivity index (χ3n) is 7.81. The molecule has 1 atom stereocenters. The first-order chi connectivity index (χ1) is 21.1. The highest BCUT2D eigenvalue weighted by molar-refractivity contribution is 6.01. The van der Waals surface area contributed by atoms with Crippen LogP contribution in [0, 0.1) is 11.6 Å². The van der Waals surface area contributed by atoms with Gasteiger partial charge in [0, 0.05) is 25.8 Å². The zero-order chi connectivity index (χ0) is 31.8. The SMILES string of the molecule is CCC(=O)Nc1cccc(C2CCN(CCCNC(=O)N3C(=O)NC(COC)=C(C(=O)O)C3c3ccc(F)c(F)c3)CC2)c1. The van der Waals surface area contributed by atoms with Gasteiger partial charge in [0.05, 0.1) is 17.9 Å². The molecule has 236 valence electrons. The summed E-state index contributed by atoms with van der Waals surface area (Å²) in [6.45, 7) is 4.13. The van der Waals surface area contributed by atoms with Crippen molar-refractivity contribution < 1.29 is 37.8 Å². The molecule has 1 unspecified atom stereocenters. The molecule has 2 aliphatic heterocycles. The quantitative estimate of drug-likeness (QED) is 0.277. The number of amides is 5. The smallest absolute Gasteiger partial charge is 0.335 e. The number of benzene rings is 2. The largest absolute Gasteiger partial charge is 0.478 e. The third kappa shape index (κ3) is 7.77. The van der Waals surface area contributed by atoms with E-state index >= 15 is 0 Å². The van der Waals surface area contributed by atoms with Gasteiger partial charge in [0.2, 0.25) is 5.91 Å². The summed E-state index contributed by atoms with van der Waals surface area (Å²) in [5.41, 5.74) is 1.41. The molecule has 2 aromatic rings. The summed E-state index contributed by atoms with van der Waals surface area (Å²) in [4.78, 5) is 53.2. The fourth-order valence-corrected chi connectivity index (χ4v) is 5.57. The maximum atomic E-state index is 14.2. The summed E-state index contributed by atoms with van der Waals surface area (Å²) >= 11 is 0. The van der Waals surface area contributed by atoms with E-state index in [4.69, 9.17) is 4.74 Å². The first-order valence-electron chi connectivity index (χ1n) is 14.5. The number of hydrogen-bond acceptors (Lipinski definition) is 6. The van der Waals surface area contributed by atoms with Crippen molar-refractivity contribution >= 4 is 29.6 Å². The second-order valence-corrected chi connectivity index (χ2v) is 10.7. The number of nitrogens with one attached hydrogen (secondary N) is 3. The van der Waals surface area contributed by atoms with E-state index in [1.807, 2.05) is 25.1 Å². The molecular weight excluding hydrogens is 576 g/mol. The number of ether oxygens (including phenoxy) is 1. The molecule has 5 amide bonds. The van der Waals surface area contributed by atoms with Gasteiger partial charge in [-0.25, -0.2) is 28.1 Å². The predicted octanol–water partition coefficient (Wildman–Crippen LogP) is 4.34. The lowest BCUT2D eigenvalue weighted by Crippen LogP contribution is -2.55. The Balaban J connectivity index is 1.35. The van der Waals surface area contributed by atoms with Gasteiger partial charge >= 0.3 is 18.0 Å². The van der Waals surface area contributed by atoms with Crippen LogP contribution < -0.4 is 16.0 Å². The maximum Gasteiger partial charge on any atom is 0.335 e. The highest BCUT2D eigenvalue weighted by Gasteiger charge is 2.42. The normalized spacial score (nSPS) is 17.8. The fourth-order valence-electron chi connectivity index (χ4n) is 5.57. The van der Waals surface area contributed by atoms with Crippen molar-refractivity contribution in [3.63, 3.8) is 0 Å². The topological polar surface area (TPSA) is 140 Å². The lowest BCUT2D eigenvalue weighted by atomic mass is 9.89. The van der Waals surface area contributed by atoms with Gasteiger partial charge in [-0.2, -0.15) is 0 Å². The number of carbonyl (C=O) groups excluding carboxylic acids is 3. The average molecular weight is 614 g/mol. The summed E-state index contributed by atoms with van der Waals surface area (Å²) in [5.74, 6) is -3.51. The molecule has 4 rings (SSSR count). The third-order valence-corrected chi connectivity index (χ3v) is 7.81. The van der Waals surface area contributed by atoms with Crippen LogP contribution in [0.2, 0.25) is 0 Å².